The van der Waals surface area contributed by atoms with Gasteiger partial charge in [-0.05, 0) is 19.8 Å². The Labute approximate surface area is 161 Å². The van der Waals surface area contributed by atoms with Crippen LogP contribution in [-0.2, 0) is 14.3 Å². The third kappa shape index (κ3) is 3.26. The number of ether oxygens (including phenoxy) is 1. The van der Waals surface area contributed by atoms with E-state index in [0.717, 1.165) is 0 Å². The molecule has 11 nitrogen and oxygen atoms in total. The minimum Gasteiger partial charge on any atom is -0.440 e. The summed E-state index contributed by atoms with van der Waals surface area (Å²) in [6, 6.07) is 0. The molecule has 4 unspecified atom stereocenters. The molecule has 2 heterocycles. The van der Waals surface area contributed by atoms with Crippen LogP contribution in [0, 0.1) is 5.41 Å². The van der Waals surface area contributed by atoms with Gasteiger partial charge in [0.1, 0.15) is 30.5 Å². The zero-order chi connectivity index (χ0) is 20.8. The van der Waals surface area contributed by atoms with E-state index < -0.39 is 48.1 Å². The summed E-state index contributed by atoms with van der Waals surface area (Å²) in [5, 5.41) is 48.9. The lowest BCUT2D eigenvalue weighted by Gasteiger charge is -2.42. The number of carbonyl (C=O) groups excluding carboxylic acids is 3. The maximum atomic E-state index is 12.5. The van der Waals surface area contributed by atoms with Gasteiger partial charge in [-0.25, -0.2) is 4.79 Å². The van der Waals surface area contributed by atoms with Gasteiger partial charge in [-0.3, -0.25) is 14.5 Å². The van der Waals surface area contributed by atoms with E-state index in [-0.39, 0.29) is 44.2 Å². The number of hydrogen-bond donors (Lipinski definition) is 5. The predicted molar refractivity (Wildman–Crippen MR) is 90.6 cm³/mol. The van der Waals surface area contributed by atoms with E-state index in [1.165, 1.54) is 9.80 Å². The van der Waals surface area contributed by atoms with Crippen LogP contribution in [-0.4, -0.2) is 109 Å². The Bertz CT molecular complexity index is 633. The van der Waals surface area contributed by atoms with E-state index >= 15 is 0 Å². The highest BCUT2D eigenvalue weighted by Gasteiger charge is 2.54. The molecule has 3 amide bonds. The minimum absolute atomic E-state index is 0.110. The number of aliphatic hydroxyl groups is 5. The fraction of sp³-hybridized carbons (Fsp3) is 0.824. The molecule has 158 valence electrons. The third-order valence-electron chi connectivity index (χ3n) is 6.09. The second kappa shape index (κ2) is 7.56. The number of aliphatic hydroxyl groups excluding tert-OH is 5. The first-order chi connectivity index (χ1) is 13.1. The summed E-state index contributed by atoms with van der Waals surface area (Å²) in [4.78, 5) is 39.4. The van der Waals surface area contributed by atoms with Crippen molar-refractivity contribution in [1.29, 1.82) is 0 Å². The van der Waals surface area contributed by atoms with Crippen LogP contribution in [0.25, 0.3) is 0 Å². The van der Waals surface area contributed by atoms with Crippen LogP contribution < -0.4 is 0 Å². The van der Waals surface area contributed by atoms with Gasteiger partial charge in [-0.15, -0.1) is 0 Å². The molecule has 0 aromatic rings. The number of nitrogens with zero attached hydrogens (tertiary/aromatic N) is 2. The molecule has 28 heavy (non-hydrogen) atoms. The van der Waals surface area contributed by atoms with Gasteiger partial charge in [-0.2, -0.15) is 0 Å². The fourth-order valence-corrected chi connectivity index (χ4v) is 4.22. The van der Waals surface area contributed by atoms with Crippen molar-refractivity contribution in [2.45, 2.75) is 62.8 Å². The van der Waals surface area contributed by atoms with Crippen LogP contribution in [0.4, 0.5) is 4.79 Å². The van der Waals surface area contributed by atoms with E-state index in [1.807, 2.05) is 0 Å². The number of piperidine rings is 1. The average Bonchev–Trinajstić information content (AvgIpc) is 2.91. The third-order valence-corrected chi connectivity index (χ3v) is 6.09. The Kier molecular flexibility index (Phi) is 5.65. The summed E-state index contributed by atoms with van der Waals surface area (Å²) in [6.07, 6.45) is -10.8. The van der Waals surface area contributed by atoms with Crippen LogP contribution in [0.2, 0.25) is 0 Å². The highest BCUT2D eigenvalue weighted by atomic mass is 16.6. The van der Waals surface area contributed by atoms with E-state index in [9.17, 15) is 39.9 Å². The van der Waals surface area contributed by atoms with Gasteiger partial charge < -0.3 is 35.2 Å². The Balaban J connectivity index is 1.62. The van der Waals surface area contributed by atoms with Gasteiger partial charge in [0.15, 0.2) is 6.10 Å². The second-order valence-corrected chi connectivity index (χ2v) is 7.69. The molecule has 0 bridgehead atoms. The van der Waals surface area contributed by atoms with Crippen molar-refractivity contribution >= 4 is 17.9 Å². The Hall–Kier alpha value is -1.79. The summed E-state index contributed by atoms with van der Waals surface area (Å²) in [7, 11) is 0. The average molecular weight is 402 g/mol. The number of hydrogen-bond acceptors (Lipinski definition) is 9. The van der Waals surface area contributed by atoms with Crippen LogP contribution in [0.1, 0.15) is 26.2 Å². The highest BCUT2D eigenvalue weighted by molar-refractivity contribution is 6.06. The normalized spacial score (nSPS) is 38.2. The number of imide groups is 1. The lowest BCUT2D eigenvalue weighted by Crippen LogP contribution is -2.65. The summed E-state index contributed by atoms with van der Waals surface area (Å²) in [6.45, 7) is 2.31. The zero-order valence-electron chi connectivity index (χ0n) is 15.5. The van der Waals surface area contributed by atoms with Gasteiger partial charge in [0.25, 0.3) is 0 Å². The molecule has 3 aliphatic rings. The van der Waals surface area contributed by atoms with Gasteiger partial charge in [-0.1, -0.05) is 0 Å². The molecular formula is C17H26N2O9. The van der Waals surface area contributed by atoms with Gasteiger partial charge in [0.05, 0.1) is 5.41 Å². The van der Waals surface area contributed by atoms with Gasteiger partial charge >= 0.3 is 6.09 Å². The smallest absolute Gasteiger partial charge is 0.410 e. The summed E-state index contributed by atoms with van der Waals surface area (Å²) in [5.74, 6) is -0.454. The topological polar surface area (TPSA) is 168 Å². The number of amides is 3. The minimum atomic E-state index is -1.79. The Morgan fingerprint density at radius 1 is 1.00 bits per heavy atom. The molecule has 1 saturated carbocycles. The molecule has 0 aromatic carbocycles. The summed E-state index contributed by atoms with van der Waals surface area (Å²) < 4.78 is 5.08. The largest absolute Gasteiger partial charge is 0.440 e. The lowest BCUT2D eigenvalue weighted by atomic mass is 9.77. The van der Waals surface area contributed by atoms with E-state index in [0.29, 0.717) is 6.54 Å². The number of carbonyl (C=O) groups is 3. The van der Waals surface area contributed by atoms with Crippen LogP contribution in [0.5, 0.6) is 0 Å². The molecule has 2 aliphatic heterocycles. The number of rotatable bonds is 2. The maximum Gasteiger partial charge on any atom is 0.410 e. The van der Waals surface area contributed by atoms with Crippen LogP contribution in [0.3, 0.4) is 0 Å². The summed E-state index contributed by atoms with van der Waals surface area (Å²) >= 11 is 0. The first kappa shape index (κ1) is 20.9. The van der Waals surface area contributed by atoms with Gasteiger partial charge in [0.2, 0.25) is 11.8 Å². The molecule has 5 N–H and O–H groups in total. The molecule has 3 fully saturated rings. The van der Waals surface area contributed by atoms with Crippen molar-refractivity contribution < 1.29 is 44.7 Å². The molecule has 1 aliphatic carbocycles. The molecule has 1 spiro atoms. The molecule has 3 rings (SSSR count). The van der Waals surface area contributed by atoms with Crippen molar-refractivity contribution in [2.24, 2.45) is 5.41 Å². The first-order valence-electron chi connectivity index (χ1n) is 9.33. The van der Waals surface area contributed by atoms with Crippen molar-refractivity contribution in [2.75, 3.05) is 19.6 Å². The van der Waals surface area contributed by atoms with E-state index in [1.54, 1.807) is 6.92 Å². The highest BCUT2D eigenvalue weighted by Crippen LogP contribution is 2.42. The Morgan fingerprint density at radius 3 is 1.96 bits per heavy atom. The summed E-state index contributed by atoms with van der Waals surface area (Å²) in [5.41, 5.74) is -0.815. The lowest BCUT2D eigenvalue weighted by molar-refractivity contribution is -0.224. The van der Waals surface area contributed by atoms with Crippen LogP contribution in [0.15, 0.2) is 0 Å². The second-order valence-electron chi connectivity index (χ2n) is 7.69. The molecule has 2 saturated heterocycles. The molecule has 11 heteroatoms. The molecule has 0 radical (unpaired) electrons. The Morgan fingerprint density at radius 2 is 1.50 bits per heavy atom. The van der Waals surface area contributed by atoms with Crippen molar-refractivity contribution in [1.82, 2.24) is 9.80 Å². The van der Waals surface area contributed by atoms with Crippen LogP contribution >= 0.6 is 0 Å². The zero-order valence-corrected chi connectivity index (χ0v) is 15.5. The van der Waals surface area contributed by atoms with Crippen molar-refractivity contribution in [3.05, 3.63) is 0 Å². The van der Waals surface area contributed by atoms with E-state index in [4.69, 9.17) is 4.74 Å². The predicted octanol–water partition coefficient (Wildman–Crippen LogP) is -2.83. The molecule has 6 atom stereocenters. The van der Waals surface area contributed by atoms with Gasteiger partial charge in [0, 0.05) is 26.1 Å². The van der Waals surface area contributed by atoms with Crippen molar-refractivity contribution in [3.63, 3.8) is 0 Å². The monoisotopic (exact) mass is 402 g/mol. The SMILES string of the molecule is CCN1C(=O)CC2(CCN(C(=O)OC3C(O)C(O)[C@H](O)[C@H](O)C3O)CC2)C1=O. The van der Waals surface area contributed by atoms with Crippen molar-refractivity contribution in [3.8, 4) is 0 Å². The maximum absolute atomic E-state index is 12.5. The fourth-order valence-electron chi connectivity index (χ4n) is 4.22. The molecule has 0 aromatic heterocycles. The van der Waals surface area contributed by atoms with E-state index in [2.05, 4.69) is 0 Å². The quantitative estimate of drug-likeness (QED) is 0.306. The first-order valence-corrected chi connectivity index (χ1v) is 9.33. The standard InChI is InChI=1S/C17H26N2O9/c1-2-19-8(20)7-17(15(19)26)3-5-18(6-4-17)16(27)28-14-12(24)10(22)9(21)11(23)13(14)25/h9-14,21-25H,2-7H2,1H3/t9-,10+,11?,12?,13?,14?/m1/s1. The number of likely N-dealkylation sites (tertiary alicyclic amines) is 2. The molecular weight excluding hydrogens is 376 g/mol.